The Balaban J connectivity index is 0.00000200. The van der Waals surface area contributed by atoms with Crippen LogP contribution in [0.5, 0.6) is 0 Å². The van der Waals surface area contributed by atoms with E-state index in [-0.39, 0.29) is 50.3 Å². The number of carbonyl (C=O) groups is 1. The van der Waals surface area contributed by atoms with Crippen molar-refractivity contribution in [2.24, 2.45) is 5.92 Å². The van der Waals surface area contributed by atoms with E-state index in [1.54, 1.807) is 4.90 Å². The van der Waals surface area contributed by atoms with Gasteiger partial charge in [-0.3, -0.25) is 4.79 Å². The van der Waals surface area contributed by atoms with Gasteiger partial charge in [-0.15, -0.1) is 12.4 Å². The van der Waals surface area contributed by atoms with Gasteiger partial charge in [-0.1, -0.05) is 0 Å². The van der Waals surface area contributed by atoms with Crippen molar-refractivity contribution in [1.82, 2.24) is 10.2 Å². The number of carbonyl (C=O) groups excluding carboxylic acids is 1. The van der Waals surface area contributed by atoms with Crippen molar-refractivity contribution in [2.45, 2.75) is 31.5 Å². The lowest BCUT2D eigenvalue weighted by Gasteiger charge is -2.34. The molecule has 2 heterocycles. The van der Waals surface area contributed by atoms with E-state index in [1.165, 1.54) is 0 Å². The molecule has 1 unspecified atom stereocenters. The van der Waals surface area contributed by atoms with Crippen LogP contribution in [0.15, 0.2) is 0 Å². The second-order valence-corrected chi connectivity index (χ2v) is 5.13. The number of morpholine rings is 1. The first-order valence-corrected chi connectivity index (χ1v) is 6.62. The molecular weight excluding hydrogens is 297 g/mol. The van der Waals surface area contributed by atoms with Crippen LogP contribution in [0.25, 0.3) is 0 Å². The highest BCUT2D eigenvalue weighted by Gasteiger charge is 2.41. The lowest BCUT2D eigenvalue weighted by molar-refractivity contribution is -0.186. The summed E-state index contributed by atoms with van der Waals surface area (Å²) in [6, 6.07) is -0.0124. The number of hydrogen-bond donors (Lipinski definition) is 1. The van der Waals surface area contributed by atoms with E-state index >= 15 is 0 Å². The van der Waals surface area contributed by atoms with Crippen molar-refractivity contribution in [3.63, 3.8) is 0 Å². The molecule has 1 amide bonds. The van der Waals surface area contributed by atoms with Crippen LogP contribution in [0.3, 0.4) is 0 Å². The van der Waals surface area contributed by atoms with Gasteiger partial charge in [0.15, 0.2) is 0 Å². The third-order valence-corrected chi connectivity index (χ3v) is 3.73. The van der Waals surface area contributed by atoms with E-state index in [0.717, 1.165) is 0 Å². The number of hydrogen-bond acceptors (Lipinski definition) is 3. The minimum atomic E-state index is -4.13. The summed E-state index contributed by atoms with van der Waals surface area (Å²) >= 11 is 0. The molecule has 1 N–H and O–H groups in total. The highest BCUT2D eigenvalue weighted by molar-refractivity contribution is 5.85. The largest absolute Gasteiger partial charge is 0.391 e. The molecule has 2 fully saturated rings. The lowest BCUT2D eigenvalue weighted by Crippen LogP contribution is -2.47. The number of piperidine rings is 1. The molecule has 0 aliphatic carbocycles. The Labute approximate surface area is 122 Å². The normalized spacial score (nSPS) is 25.1. The number of rotatable bonds is 2. The maximum Gasteiger partial charge on any atom is 0.391 e. The van der Waals surface area contributed by atoms with Crippen LogP contribution in [0.1, 0.15) is 19.3 Å². The Morgan fingerprint density at radius 1 is 1.30 bits per heavy atom. The van der Waals surface area contributed by atoms with Gasteiger partial charge in [-0.05, 0) is 12.8 Å². The summed E-state index contributed by atoms with van der Waals surface area (Å²) in [5.74, 6) is -1.34. The van der Waals surface area contributed by atoms with Gasteiger partial charge in [0.25, 0.3) is 0 Å². The molecule has 0 aromatic carbocycles. The van der Waals surface area contributed by atoms with Crippen LogP contribution in [0.4, 0.5) is 13.2 Å². The second-order valence-electron chi connectivity index (χ2n) is 5.13. The molecule has 20 heavy (non-hydrogen) atoms. The first-order valence-electron chi connectivity index (χ1n) is 6.62. The zero-order valence-corrected chi connectivity index (χ0v) is 11.9. The first-order chi connectivity index (χ1) is 8.97. The van der Waals surface area contributed by atoms with Crippen LogP contribution in [-0.2, 0) is 9.53 Å². The summed E-state index contributed by atoms with van der Waals surface area (Å²) < 4.78 is 42.8. The quantitative estimate of drug-likeness (QED) is 0.841. The smallest absolute Gasteiger partial charge is 0.378 e. The second kappa shape index (κ2) is 7.47. The Hall–Kier alpha value is -0.530. The third-order valence-electron chi connectivity index (χ3n) is 3.73. The molecule has 2 saturated heterocycles. The fourth-order valence-corrected chi connectivity index (χ4v) is 2.55. The van der Waals surface area contributed by atoms with Gasteiger partial charge in [0, 0.05) is 32.1 Å². The molecule has 2 rings (SSSR count). The van der Waals surface area contributed by atoms with Gasteiger partial charge in [-0.25, -0.2) is 0 Å². The summed E-state index contributed by atoms with van der Waals surface area (Å²) in [7, 11) is 0. The van der Waals surface area contributed by atoms with Crippen molar-refractivity contribution in [2.75, 3.05) is 32.8 Å². The van der Waals surface area contributed by atoms with Gasteiger partial charge in [0.05, 0.1) is 19.1 Å². The van der Waals surface area contributed by atoms with Crippen LogP contribution < -0.4 is 5.32 Å². The molecule has 2 aliphatic heterocycles. The van der Waals surface area contributed by atoms with Crippen LogP contribution in [-0.4, -0.2) is 55.9 Å². The maximum atomic E-state index is 12.5. The number of nitrogens with one attached hydrogen (secondary N) is 1. The molecule has 1 atom stereocenters. The van der Waals surface area contributed by atoms with Crippen molar-refractivity contribution < 1.29 is 22.7 Å². The Morgan fingerprint density at radius 2 is 1.95 bits per heavy atom. The van der Waals surface area contributed by atoms with E-state index < -0.39 is 12.1 Å². The summed E-state index contributed by atoms with van der Waals surface area (Å²) in [5.41, 5.74) is 0. The number of amides is 1. The molecule has 118 valence electrons. The van der Waals surface area contributed by atoms with Crippen LogP contribution >= 0.6 is 12.4 Å². The number of halogens is 4. The van der Waals surface area contributed by atoms with Crippen molar-refractivity contribution in [3.8, 4) is 0 Å². The van der Waals surface area contributed by atoms with Crippen molar-refractivity contribution >= 4 is 18.3 Å². The molecule has 0 aromatic rings. The van der Waals surface area contributed by atoms with Gasteiger partial charge in [0.1, 0.15) is 0 Å². The van der Waals surface area contributed by atoms with Crippen molar-refractivity contribution in [1.29, 1.82) is 0 Å². The van der Waals surface area contributed by atoms with E-state index in [9.17, 15) is 18.0 Å². The lowest BCUT2D eigenvalue weighted by atomic mass is 9.96. The number of alkyl halides is 3. The summed E-state index contributed by atoms with van der Waals surface area (Å²) in [4.78, 5) is 13.5. The van der Waals surface area contributed by atoms with Gasteiger partial charge >= 0.3 is 6.18 Å². The highest BCUT2D eigenvalue weighted by atomic mass is 35.5. The molecule has 0 saturated carbocycles. The molecule has 2 aliphatic rings. The fraction of sp³-hybridized carbons (Fsp3) is 0.917. The number of ether oxygens (including phenoxy) is 1. The topological polar surface area (TPSA) is 41.6 Å². The third kappa shape index (κ3) is 4.79. The summed E-state index contributed by atoms with van der Waals surface area (Å²) in [6.07, 6.45) is -3.79. The van der Waals surface area contributed by atoms with Gasteiger partial charge in [0.2, 0.25) is 5.91 Å². The van der Waals surface area contributed by atoms with E-state index in [2.05, 4.69) is 5.32 Å². The average molecular weight is 317 g/mol. The summed E-state index contributed by atoms with van der Waals surface area (Å²) in [6.45, 7) is 2.26. The molecule has 4 nitrogen and oxygen atoms in total. The Bertz CT molecular complexity index is 314. The standard InChI is InChI=1S/C12H19F3N2O2.ClH/c13-12(14,15)9-1-4-17(5-2-9)11(18)7-10-8-19-6-3-16-10;/h9-10,16H,1-8H2;1H. The van der Waals surface area contributed by atoms with Crippen LogP contribution in [0, 0.1) is 5.92 Å². The molecule has 0 bridgehead atoms. The number of nitrogens with zero attached hydrogens (tertiary/aromatic N) is 1. The SMILES string of the molecule is Cl.O=C(CC1COCCN1)N1CCC(C(F)(F)F)CC1. The average Bonchev–Trinajstić information content (AvgIpc) is 2.39. The predicted molar refractivity (Wildman–Crippen MR) is 69.8 cm³/mol. The molecule has 0 spiro atoms. The zero-order valence-electron chi connectivity index (χ0n) is 11.1. The van der Waals surface area contributed by atoms with Gasteiger partial charge < -0.3 is 15.0 Å². The monoisotopic (exact) mass is 316 g/mol. The van der Waals surface area contributed by atoms with Crippen molar-refractivity contribution in [3.05, 3.63) is 0 Å². The van der Waals surface area contributed by atoms with E-state index in [1.807, 2.05) is 0 Å². The fourth-order valence-electron chi connectivity index (χ4n) is 2.55. The number of likely N-dealkylation sites (tertiary alicyclic amines) is 1. The molecule has 8 heteroatoms. The zero-order chi connectivity index (χ0) is 13.9. The molecule has 0 radical (unpaired) electrons. The highest BCUT2D eigenvalue weighted by Crippen LogP contribution is 2.34. The Morgan fingerprint density at radius 3 is 2.45 bits per heavy atom. The maximum absolute atomic E-state index is 12.5. The minimum Gasteiger partial charge on any atom is -0.378 e. The minimum absolute atomic E-state index is 0. The van der Waals surface area contributed by atoms with Gasteiger partial charge in [-0.2, -0.15) is 13.2 Å². The first kappa shape index (κ1) is 17.5. The van der Waals surface area contributed by atoms with E-state index in [4.69, 9.17) is 4.74 Å². The molecule has 0 aromatic heterocycles. The molecular formula is C12H20ClF3N2O2. The van der Waals surface area contributed by atoms with Crippen LogP contribution in [0.2, 0.25) is 0 Å². The summed E-state index contributed by atoms with van der Waals surface area (Å²) in [5, 5.41) is 3.17. The van der Waals surface area contributed by atoms with E-state index in [0.29, 0.717) is 26.2 Å². The Kier molecular flexibility index (Phi) is 6.54. The predicted octanol–water partition coefficient (Wildman–Crippen LogP) is 1.59.